The van der Waals surface area contributed by atoms with Crippen LogP contribution < -0.4 is 10.6 Å². The van der Waals surface area contributed by atoms with Crippen LogP contribution >= 0.6 is 0 Å². The topological polar surface area (TPSA) is 97.6 Å². The molecule has 1 aliphatic carbocycles. The van der Waals surface area contributed by atoms with Crippen molar-refractivity contribution < 1.29 is 23.5 Å². The van der Waals surface area contributed by atoms with Crippen LogP contribution in [0.15, 0.2) is 22.8 Å². The normalized spacial score (nSPS) is 22.9. The molecule has 1 aliphatic rings. The van der Waals surface area contributed by atoms with Gasteiger partial charge in [-0.15, -0.1) is 0 Å². The molecule has 1 aromatic rings. The summed E-state index contributed by atoms with van der Waals surface area (Å²) in [6.07, 6.45) is 4.65. The van der Waals surface area contributed by atoms with Gasteiger partial charge in [-0.3, -0.25) is 14.4 Å². The maximum absolute atomic E-state index is 11.9. The smallest absolute Gasteiger partial charge is 0.308 e. The standard InChI is InChI=1S/C18H26N2O5/c1-12-5-3-6-14(13(12)2)20-16(21)11-25-17(22)8-9-19-18(23)15-7-4-10-24-15/h4,7,10,12-14H,3,5-6,8-9,11H2,1-2H3,(H,19,23)(H,20,21)/t12-,13-,14+/m1/s1. The van der Waals surface area contributed by atoms with Crippen LogP contribution in [0.5, 0.6) is 0 Å². The number of hydrogen-bond donors (Lipinski definition) is 2. The van der Waals surface area contributed by atoms with Gasteiger partial charge in [-0.2, -0.15) is 0 Å². The minimum atomic E-state index is -0.528. The summed E-state index contributed by atoms with van der Waals surface area (Å²) in [6, 6.07) is 3.28. The summed E-state index contributed by atoms with van der Waals surface area (Å²) in [5.41, 5.74) is 0. The summed E-state index contributed by atoms with van der Waals surface area (Å²) >= 11 is 0. The third-order valence-electron chi connectivity index (χ3n) is 4.78. The summed E-state index contributed by atoms with van der Waals surface area (Å²) in [7, 11) is 0. The quantitative estimate of drug-likeness (QED) is 0.732. The van der Waals surface area contributed by atoms with Crippen molar-refractivity contribution in [3.63, 3.8) is 0 Å². The molecule has 0 saturated heterocycles. The first-order valence-corrected chi connectivity index (χ1v) is 8.74. The van der Waals surface area contributed by atoms with E-state index in [0.29, 0.717) is 11.8 Å². The predicted molar refractivity (Wildman–Crippen MR) is 90.7 cm³/mol. The average Bonchev–Trinajstić information content (AvgIpc) is 3.12. The van der Waals surface area contributed by atoms with E-state index in [9.17, 15) is 14.4 Å². The summed E-state index contributed by atoms with van der Waals surface area (Å²) in [5.74, 6) is -0.0111. The summed E-state index contributed by atoms with van der Waals surface area (Å²) < 4.78 is 9.89. The van der Waals surface area contributed by atoms with Crippen LogP contribution in [0.4, 0.5) is 0 Å². The number of amides is 2. The Hall–Kier alpha value is -2.31. The Kier molecular flexibility index (Phi) is 7.03. The van der Waals surface area contributed by atoms with Gasteiger partial charge in [0.2, 0.25) is 0 Å². The number of hydrogen-bond acceptors (Lipinski definition) is 5. The summed E-state index contributed by atoms with van der Waals surface area (Å²) in [5, 5.41) is 5.49. The van der Waals surface area contributed by atoms with Crippen molar-refractivity contribution in [3.8, 4) is 0 Å². The number of esters is 1. The largest absolute Gasteiger partial charge is 0.459 e. The number of nitrogens with one attached hydrogen (secondary N) is 2. The first-order valence-electron chi connectivity index (χ1n) is 8.74. The first-order chi connectivity index (χ1) is 12.0. The van der Waals surface area contributed by atoms with Crippen molar-refractivity contribution in [2.75, 3.05) is 13.2 Å². The molecule has 0 unspecified atom stereocenters. The number of ether oxygens (including phenoxy) is 1. The number of rotatable bonds is 7. The molecular formula is C18H26N2O5. The molecule has 138 valence electrons. The molecule has 2 rings (SSSR count). The summed E-state index contributed by atoms with van der Waals surface area (Å²) in [6.45, 7) is 4.17. The van der Waals surface area contributed by atoms with E-state index in [4.69, 9.17) is 9.15 Å². The lowest BCUT2D eigenvalue weighted by Crippen LogP contribution is -2.45. The molecule has 25 heavy (non-hydrogen) atoms. The monoisotopic (exact) mass is 350 g/mol. The van der Waals surface area contributed by atoms with Gasteiger partial charge in [0.1, 0.15) is 0 Å². The molecule has 1 heterocycles. The highest BCUT2D eigenvalue weighted by molar-refractivity contribution is 5.91. The van der Waals surface area contributed by atoms with E-state index in [1.54, 1.807) is 6.07 Å². The Morgan fingerprint density at radius 2 is 2.08 bits per heavy atom. The number of carbonyl (C=O) groups is 3. The number of furan rings is 1. The van der Waals surface area contributed by atoms with Gasteiger partial charge < -0.3 is 19.8 Å². The third-order valence-corrected chi connectivity index (χ3v) is 4.78. The van der Waals surface area contributed by atoms with Gasteiger partial charge >= 0.3 is 5.97 Å². The highest BCUT2D eigenvalue weighted by atomic mass is 16.5. The molecule has 0 spiro atoms. The molecule has 7 heteroatoms. The molecule has 0 radical (unpaired) electrons. The Morgan fingerprint density at radius 1 is 1.28 bits per heavy atom. The Balaban J connectivity index is 1.61. The molecule has 2 amide bonds. The van der Waals surface area contributed by atoms with Crippen LogP contribution in [-0.4, -0.2) is 37.0 Å². The zero-order chi connectivity index (χ0) is 18.2. The molecular weight excluding hydrogens is 324 g/mol. The van der Waals surface area contributed by atoms with Gasteiger partial charge in [-0.25, -0.2) is 0 Å². The molecule has 0 bridgehead atoms. The molecule has 0 aromatic carbocycles. The highest BCUT2D eigenvalue weighted by Crippen LogP contribution is 2.29. The van der Waals surface area contributed by atoms with Crippen molar-refractivity contribution in [2.45, 2.75) is 45.6 Å². The van der Waals surface area contributed by atoms with Crippen molar-refractivity contribution >= 4 is 17.8 Å². The minimum absolute atomic E-state index is 0.00338. The predicted octanol–water partition coefficient (Wildman–Crippen LogP) is 1.88. The van der Waals surface area contributed by atoms with E-state index in [2.05, 4.69) is 24.5 Å². The van der Waals surface area contributed by atoms with Gasteiger partial charge in [0.05, 0.1) is 12.7 Å². The zero-order valence-corrected chi connectivity index (χ0v) is 14.7. The van der Waals surface area contributed by atoms with Crippen molar-refractivity contribution in [1.82, 2.24) is 10.6 Å². The second-order valence-electron chi connectivity index (χ2n) is 6.59. The van der Waals surface area contributed by atoms with Gasteiger partial charge in [0.25, 0.3) is 11.8 Å². The van der Waals surface area contributed by atoms with Crippen molar-refractivity contribution in [1.29, 1.82) is 0 Å². The molecule has 1 saturated carbocycles. The SMILES string of the molecule is C[C@@H]1[C@H](C)CCC[C@@H]1NC(=O)COC(=O)CCNC(=O)c1ccco1. The second kappa shape index (κ2) is 9.25. The fraction of sp³-hybridized carbons (Fsp3) is 0.611. The van der Waals surface area contributed by atoms with E-state index in [-0.39, 0.29) is 37.3 Å². The van der Waals surface area contributed by atoms with E-state index >= 15 is 0 Å². The molecule has 2 N–H and O–H groups in total. The minimum Gasteiger partial charge on any atom is -0.459 e. The first kappa shape index (κ1) is 19.0. The highest BCUT2D eigenvalue weighted by Gasteiger charge is 2.28. The molecule has 1 fully saturated rings. The van der Waals surface area contributed by atoms with Crippen LogP contribution in [0.25, 0.3) is 0 Å². The van der Waals surface area contributed by atoms with Crippen LogP contribution in [0.2, 0.25) is 0 Å². The Morgan fingerprint density at radius 3 is 2.80 bits per heavy atom. The van der Waals surface area contributed by atoms with Crippen LogP contribution in [0, 0.1) is 11.8 Å². The second-order valence-corrected chi connectivity index (χ2v) is 6.59. The van der Waals surface area contributed by atoms with Crippen LogP contribution in [-0.2, 0) is 14.3 Å². The van der Waals surface area contributed by atoms with Crippen molar-refractivity contribution in [2.24, 2.45) is 11.8 Å². The molecule has 0 aliphatic heterocycles. The van der Waals surface area contributed by atoms with Gasteiger partial charge in [-0.1, -0.05) is 26.7 Å². The van der Waals surface area contributed by atoms with Gasteiger partial charge in [0.15, 0.2) is 12.4 Å². The fourth-order valence-corrected chi connectivity index (χ4v) is 3.03. The van der Waals surface area contributed by atoms with Crippen LogP contribution in [0.3, 0.4) is 0 Å². The average molecular weight is 350 g/mol. The fourth-order valence-electron chi connectivity index (χ4n) is 3.03. The Labute approximate surface area is 147 Å². The van der Waals surface area contributed by atoms with E-state index in [1.165, 1.54) is 18.8 Å². The van der Waals surface area contributed by atoms with E-state index in [1.807, 2.05) is 0 Å². The molecule has 1 aromatic heterocycles. The molecule has 7 nitrogen and oxygen atoms in total. The van der Waals surface area contributed by atoms with E-state index < -0.39 is 11.9 Å². The van der Waals surface area contributed by atoms with Crippen molar-refractivity contribution in [3.05, 3.63) is 24.2 Å². The molecule has 3 atom stereocenters. The number of carbonyl (C=O) groups excluding carboxylic acids is 3. The maximum Gasteiger partial charge on any atom is 0.308 e. The van der Waals surface area contributed by atoms with Gasteiger partial charge in [-0.05, 0) is 30.4 Å². The lowest BCUT2D eigenvalue weighted by atomic mass is 9.78. The lowest BCUT2D eigenvalue weighted by molar-refractivity contribution is -0.148. The van der Waals surface area contributed by atoms with E-state index in [0.717, 1.165) is 12.8 Å². The third kappa shape index (κ3) is 5.92. The van der Waals surface area contributed by atoms with Crippen LogP contribution in [0.1, 0.15) is 50.1 Å². The van der Waals surface area contributed by atoms with Gasteiger partial charge in [0, 0.05) is 12.6 Å². The maximum atomic E-state index is 11.9. The summed E-state index contributed by atoms with van der Waals surface area (Å²) in [4.78, 5) is 35.2. The zero-order valence-electron chi connectivity index (χ0n) is 14.7. The lowest BCUT2D eigenvalue weighted by Gasteiger charge is -2.34. The Bertz CT molecular complexity index is 584.